The largest absolute Gasteiger partial charge is 0.416 e. The summed E-state index contributed by atoms with van der Waals surface area (Å²) in [5, 5.41) is 2.61. The van der Waals surface area contributed by atoms with Crippen LogP contribution in [0.5, 0.6) is 0 Å². The average molecular weight is 366 g/mol. The molecule has 1 aromatic carbocycles. The zero-order valence-corrected chi connectivity index (χ0v) is 12.6. The molecule has 0 atom stereocenters. The summed E-state index contributed by atoms with van der Waals surface area (Å²) in [4.78, 5) is 3.85. The predicted octanol–water partition coefficient (Wildman–Crippen LogP) is 5.57. The van der Waals surface area contributed by atoms with Crippen LogP contribution in [0.1, 0.15) is 11.1 Å². The summed E-state index contributed by atoms with van der Waals surface area (Å²) in [6, 6.07) is 7.17. The third kappa shape index (κ3) is 3.64. The number of hydrogen-bond donors (Lipinski definition) is 1. The van der Waals surface area contributed by atoms with Crippen LogP contribution in [-0.2, 0) is 6.18 Å². The van der Waals surface area contributed by atoms with E-state index in [0.29, 0.717) is 5.69 Å². The molecule has 106 valence electrons. The third-order valence-electron chi connectivity index (χ3n) is 2.51. The van der Waals surface area contributed by atoms with Crippen LogP contribution >= 0.6 is 27.5 Å². The van der Waals surface area contributed by atoms with Gasteiger partial charge in [-0.3, -0.25) is 0 Å². The molecule has 0 fully saturated rings. The number of nitrogens with one attached hydrogen (secondary N) is 1. The second-order valence-corrected chi connectivity index (χ2v) is 5.41. The van der Waals surface area contributed by atoms with Crippen LogP contribution in [0.4, 0.5) is 24.7 Å². The van der Waals surface area contributed by atoms with Crippen molar-refractivity contribution in [3.63, 3.8) is 0 Å². The van der Waals surface area contributed by atoms with E-state index in [1.807, 2.05) is 13.0 Å². The summed E-state index contributed by atoms with van der Waals surface area (Å²) >= 11 is 8.95. The molecule has 0 amide bonds. The number of aryl methyl sites for hydroxylation is 1. The van der Waals surface area contributed by atoms with E-state index in [0.717, 1.165) is 22.2 Å². The van der Waals surface area contributed by atoms with Gasteiger partial charge in [-0.1, -0.05) is 17.7 Å². The smallest absolute Gasteiger partial charge is 0.339 e. The van der Waals surface area contributed by atoms with Crippen LogP contribution < -0.4 is 5.32 Å². The van der Waals surface area contributed by atoms with E-state index in [1.165, 1.54) is 0 Å². The molecule has 1 N–H and O–H groups in total. The van der Waals surface area contributed by atoms with Gasteiger partial charge in [0.1, 0.15) is 11.0 Å². The molecule has 1 heterocycles. The summed E-state index contributed by atoms with van der Waals surface area (Å²) in [6.07, 6.45) is -4.47. The normalized spacial score (nSPS) is 11.5. The first kappa shape index (κ1) is 15.1. The molecule has 0 aliphatic heterocycles. The highest BCUT2D eigenvalue weighted by Crippen LogP contribution is 2.33. The molecular weight excluding hydrogens is 357 g/mol. The van der Waals surface area contributed by atoms with E-state index in [4.69, 9.17) is 11.6 Å². The Morgan fingerprint density at radius 2 is 1.90 bits per heavy atom. The fourth-order valence-electron chi connectivity index (χ4n) is 1.60. The lowest BCUT2D eigenvalue weighted by atomic mass is 10.2. The van der Waals surface area contributed by atoms with Gasteiger partial charge in [-0.15, -0.1) is 0 Å². The van der Waals surface area contributed by atoms with Crippen LogP contribution in [-0.4, -0.2) is 4.98 Å². The number of hydrogen-bond acceptors (Lipinski definition) is 2. The Hall–Kier alpha value is -1.27. The van der Waals surface area contributed by atoms with Gasteiger partial charge >= 0.3 is 6.18 Å². The predicted molar refractivity (Wildman–Crippen MR) is 76.4 cm³/mol. The van der Waals surface area contributed by atoms with Crippen molar-refractivity contribution in [2.75, 3.05) is 5.32 Å². The quantitative estimate of drug-likeness (QED) is 0.704. The molecule has 2 aromatic rings. The summed E-state index contributed by atoms with van der Waals surface area (Å²) in [5.41, 5.74) is 0.741. The molecule has 0 aliphatic rings. The number of anilines is 2. The van der Waals surface area contributed by atoms with E-state index in [-0.39, 0.29) is 11.0 Å². The lowest BCUT2D eigenvalue weighted by Crippen LogP contribution is -2.07. The molecular formula is C13H9BrClF3N2. The van der Waals surface area contributed by atoms with Gasteiger partial charge in [0.15, 0.2) is 0 Å². The van der Waals surface area contributed by atoms with Crippen LogP contribution in [0.25, 0.3) is 0 Å². The standard InChI is InChI=1S/C13H9BrClF3N2/c1-7-2-3-9(14)10(4-7)19-12-6-8(13(16,17)18)5-11(15)20-12/h2-6H,1H3,(H,19,20). The maximum Gasteiger partial charge on any atom is 0.416 e. The zero-order chi connectivity index (χ0) is 14.9. The van der Waals surface area contributed by atoms with Crippen LogP contribution in [0.15, 0.2) is 34.8 Å². The highest BCUT2D eigenvalue weighted by atomic mass is 79.9. The number of aromatic nitrogens is 1. The topological polar surface area (TPSA) is 24.9 Å². The van der Waals surface area contributed by atoms with E-state index in [2.05, 4.69) is 26.2 Å². The zero-order valence-electron chi connectivity index (χ0n) is 10.2. The average Bonchev–Trinajstić information content (AvgIpc) is 2.32. The minimum atomic E-state index is -4.47. The number of halogens is 5. The Bertz CT molecular complexity index is 644. The molecule has 1 aromatic heterocycles. The highest BCUT2D eigenvalue weighted by Gasteiger charge is 2.31. The first-order chi connectivity index (χ1) is 9.25. The maximum absolute atomic E-state index is 12.7. The lowest BCUT2D eigenvalue weighted by molar-refractivity contribution is -0.137. The molecule has 0 aliphatic carbocycles. The highest BCUT2D eigenvalue weighted by molar-refractivity contribution is 9.10. The summed E-state index contributed by atoms with van der Waals surface area (Å²) in [6.45, 7) is 1.88. The fourth-order valence-corrected chi connectivity index (χ4v) is 2.15. The number of rotatable bonds is 2. The second-order valence-electron chi connectivity index (χ2n) is 4.17. The van der Waals surface area contributed by atoms with Gasteiger partial charge in [0, 0.05) is 4.47 Å². The summed E-state index contributed by atoms with van der Waals surface area (Å²) < 4.78 is 38.8. The monoisotopic (exact) mass is 364 g/mol. The van der Waals surface area contributed by atoms with Gasteiger partial charge in [-0.2, -0.15) is 13.2 Å². The van der Waals surface area contributed by atoms with E-state index in [1.54, 1.807) is 12.1 Å². The second kappa shape index (κ2) is 5.61. The van der Waals surface area contributed by atoms with Crippen LogP contribution in [0, 0.1) is 6.92 Å². The van der Waals surface area contributed by atoms with Crippen molar-refractivity contribution in [3.8, 4) is 0 Å². The maximum atomic E-state index is 12.7. The Labute approximate surface area is 127 Å². The van der Waals surface area contributed by atoms with E-state index in [9.17, 15) is 13.2 Å². The first-order valence-electron chi connectivity index (χ1n) is 5.53. The van der Waals surface area contributed by atoms with Gasteiger partial charge < -0.3 is 5.32 Å². The molecule has 2 nitrogen and oxygen atoms in total. The van der Waals surface area contributed by atoms with Gasteiger partial charge in [-0.25, -0.2) is 4.98 Å². The molecule has 0 saturated heterocycles. The van der Waals surface area contributed by atoms with Crippen LogP contribution in [0.3, 0.4) is 0 Å². The van der Waals surface area contributed by atoms with Crippen molar-refractivity contribution >= 4 is 39.0 Å². The molecule has 0 bridgehead atoms. The lowest BCUT2D eigenvalue weighted by Gasteiger charge is -2.12. The van der Waals surface area contributed by atoms with Crippen molar-refractivity contribution in [2.45, 2.75) is 13.1 Å². The van der Waals surface area contributed by atoms with Crippen molar-refractivity contribution in [1.29, 1.82) is 0 Å². The molecule has 20 heavy (non-hydrogen) atoms. The minimum absolute atomic E-state index is 0.0381. The molecule has 0 saturated carbocycles. The van der Waals surface area contributed by atoms with Crippen molar-refractivity contribution < 1.29 is 13.2 Å². The summed E-state index contributed by atoms with van der Waals surface area (Å²) in [5.74, 6) is 0.0381. The molecule has 2 rings (SSSR count). The third-order valence-corrected chi connectivity index (χ3v) is 3.39. The number of nitrogens with zero attached hydrogens (tertiary/aromatic N) is 1. The molecule has 0 radical (unpaired) electrons. The Morgan fingerprint density at radius 3 is 2.55 bits per heavy atom. The number of benzene rings is 1. The first-order valence-corrected chi connectivity index (χ1v) is 6.71. The number of pyridine rings is 1. The SMILES string of the molecule is Cc1ccc(Br)c(Nc2cc(C(F)(F)F)cc(Cl)n2)c1. The van der Waals surface area contributed by atoms with Crippen molar-refractivity contribution in [1.82, 2.24) is 4.98 Å². The molecule has 7 heteroatoms. The Kier molecular flexibility index (Phi) is 4.25. The van der Waals surface area contributed by atoms with Gasteiger partial charge in [-0.05, 0) is 52.7 Å². The van der Waals surface area contributed by atoms with Crippen LogP contribution in [0.2, 0.25) is 5.15 Å². The number of alkyl halides is 3. The van der Waals surface area contributed by atoms with E-state index >= 15 is 0 Å². The van der Waals surface area contributed by atoms with Crippen molar-refractivity contribution in [3.05, 3.63) is 51.1 Å². The summed E-state index contributed by atoms with van der Waals surface area (Å²) in [7, 11) is 0. The van der Waals surface area contributed by atoms with Gasteiger partial charge in [0.2, 0.25) is 0 Å². The molecule has 0 unspecified atom stereocenters. The van der Waals surface area contributed by atoms with Gasteiger partial charge in [0.05, 0.1) is 11.3 Å². The van der Waals surface area contributed by atoms with E-state index < -0.39 is 11.7 Å². The van der Waals surface area contributed by atoms with Crippen molar-refractivity contribution in [2.24, 2.45) is 0 Å². The fraction of sp³-hybridized carbons (Fsp3) is 0.154. The van der Waals surface area contributed by atoms with Gasteiger partial charge in [0.25, 0.3) is 0 Å². The molecule has 0 spiro atoms. The Morgan fingerprint density at radius 1 is 1.20 bits per heavy atom. The Balaban J connectivity index is 2.39. The minimum Gasteiger partial charge on any atom is -0.339 e.